The van der Waals surface area contributed by atoms with Crippen LogP contribution in [0.3, 0.4) is 0 Å². The number of nitrogens with zero attached hydrogens (tertiary/aromatic N) is 3. The van der Waals surface area contributed by atoms with E-state index in [9.17, 15) is 4.79 Å². The monoisotopic (exact) mass is 275 g/mol. The lowest BCUT2D eigenvalue weighted by atomic mass is 10.1. The highest BCUT2D eigenvalue weighted by Crippen LogP contribution is 2.23. The number of aromatic nitrogens is 3. The van der Waals surface area contributed by atoms with Gasteiger partial charge in [-0.15, -0.1) is 5.10 Å². The minimum absolute atomic E-state index is 0.00504. The van der Waals surface area contributed by atoms with E-state index in [0.29, 0.717) is 29.8 Å². The lowest BCUT2D eigenvalue weighted by Gasteiger charge is -2.03. The van der Waals surface area contributed by atoms with Crippen molar-refractivity contribution in [2.24, 2.45) is 0 Å². The maximum absolute atomic E-state index is 11.5. The molecular formula is C13H13N3O2S. The van der Waals surface area contributed by atoms with Gasteiger partial charge in [-0.25, -0.2) is 4.98 Å². The van der Waals surface area contributed by atoms with E-state index in [4.69, 9.17) is 4.74 Å². The Bertz CT molecular complexity index is 607. The van der Waals surface area contributed by atoms with Gasteiger partial charge in [0.1, 0.15) is 5.75 Å². The molecule has 5 nitrogen and oxygen atoms in total. The Hall–Kier alpha value is -1.82. The van der Waals surface area contributed by atoms with Crippen LogP contribution in [0.1, 0.15) is 23.1 Å². The molecule has 6 heteroatoms. The molecule has 0 atom stereocenters. The van der Waals surface area contributed by atoms with Gasteiger partial charge in [0.25, 0.3) is 5.91 Å². The van der Waals surface area contributed by atoms with E-state index in [2.05, 4.69) is 10.1 Å². The zero-order valence-electron chi connectivity index (χ0n) is 10.5. The molecule has 3 rings (SSSR count). The van der Waals surface area contributed by atoms with Gasteiger partial charge in [-0.05, 0) is 24.6 Å². The third-order valence-electron chi connectivity index (χ3n) is 2.78. The van der Waals surface area contributed by atoms with E-state index in [1.165, 1.54) is 16.4 Å². The molecule has 0 saturated heterocycles. The lowest BCUT2D eigenvalue weighted by Crippen LogP contribution is -2.09. The van der Waals surface area contributed by atoms with Crippen LogP contribution >= 0.6 is 11.8 Å². The molecule has 0 bridgehead atoms. The van der Waals surface area contributed by atoms with Crippen LogP contribution in [-0.2, 0) is 6.42 Å². The number of carbonyl (C=O) groups is 1. The van der Waals surface area contributed by atoms with E-state index in [0.717, 1.165) is 11.3 Å². The molecule has 0 aliphatic carbocycles. The maximum atomic E-state index is 11.5. The summed E-state index contributed by atoms with van der Waals surface area (Å²) in [5.41, 5.74) is 1.10. The van der Waals surface area contributed by atoms with Crippen molar-refractivity contribution < 1.29 is 9.53 Å². The Morgan fingerprint density at radius 3 is 2.84 bits per heavy atom. The fraction of sp³-hybridized carbons (Fsp3) is 0.308. The van der Waals surface area contributed by atoms with Crippen molar-refractivity contribution in [1.29, 1.82) is 0 Å². The molecule has 0 radical (unpaired) electrons. The van der Waals surface area contributed by atoms with Gasteiger partial charge < -0.3 is 4.74 Å². The highest BCUT2D eigenvalue weighted by molar-refractivity contribution is 8.00. The molecule has 2 heterocycles. The standard InChI is InChI=1S/C13H13N3O2S/c1-2-18-10-5-3-9(4-6-10)7-11-14-13-16(15-11)12(17)8-19-13/h3-6H,2,7-8H2,1H3. The van der Waals surface area contributed by atoms with Gasteiger partial charge in [-0.2, -0.15) is 4.68 Å². The summed E-state index contributed by atoms with van der Waals surface area (Å²) < 4.78 is 6.79. The van der Waals surface area contributed by atoms with Gasteiger partial charge in [0.05, 0.1) is 12.4 Å². The second-order valence-corrected chi connectivity index (χ2v) is 5.10. The van der Waals surface area contributed by atoms with Crippen LogP contribution in [0.25, 0.3) is 0 Å². The van der Waals surface area contributed by atoms with E-state index in [1.54, 1.807) is 0 Å². The molecule has 1 aliphatic rings. The van der Waals surface area contributed by atoms with Crippen LogP contribution in [0.2, 0.25) is 0 Å². The number of rotatable bonds is 4. The predicted molar refractivity (Wildman–Crippen MR) is 71.8 cm³/mol. The fourth-order valence-electron chi connectivity index (χ4n) is 1.91. The van der Waals surface area contributed by atoms with Crippen LogP contribution in [-0.4, -0.2) is 33.0 Å². The number of thioether (sulfide) groups is 1. The molecule has 1 aromatic carbocycles. The van der Waals surface area contributed by atoms with Gasteiger partial charge in [0, 0.05) is 6.42 Å². The Labute approximate surface area is 115 Å². The minimum atomic E-state index is 0.00504. The SMILES string of the molecule is CCOc1ccc(Cc2nc3n(n2)C(=O)CS3)cc1. The van der Waals surface area contributed by atoms with Crippen molar-refractivity contribution in [3.63, 3.8) is 0 Å². The van der Waals surface area contributed by atoms with Gasteiger partial charge in [-0.3, -0.25) is 4.79 Å². The van der Waals surface area contributed by atoms with E-state index < -0.39 is 0 Å². The average Bonchev–Trinajstić information content (AvgIpc) is 2.95. The smallest absolute Gasteiger partial charge is 0.259 e. The largest absolute Gasteiger partial charge is 0.494 e. The summed E-state index contributed by atoms with van der Waals surface area (Å²) in [5.74, 6) is 1.99. The van der Waals surface area contributed by atoms with Crippen molar-refractivity contribution in [2.45, 2.75) is 18.5 Å². The molecule has 0 unspecified atom stereocenters. The average molecular weight is 275 g/mol. The Morgan fingerprint density at radius 2 is 2.16 bits per heavy atom. The number of fused-ring (bicyclic) bond motifs is 1. The first-order valence-corrected chi connectivity index (χ1v) is 7.08. The molecule has 98 valence electrons. The van der Waals surface area contributed by atoms with Crippen LogP contribution in [0.4, 0.5) is 0 Å². The highest BCUT2D eigenvalue weighted by atomic mass is 32.2. The molecule has 1 aromatic heterocycles. The van der Waals surface area contributed by atoms with Crippen molar-refractivity contribution in [2.75, 3.05) is 12.4 Å². The molecule has 19 heavy (non-hydrogen) atoms. The summed E-state index contributed by atoms with van der Waals surface area (Å²) in [6.07, 6.45) is 0.625. The van der Waals surface area contributed by atoms with Crippen molar-refractivity contribution in [3.05, 3.63) is 35.7 Å². The summed E-state index contributed by atoms with van der Waals surface area (Å²) in [4.78, 5) is 15.8. The Balaban J connectivity index is 1.74. The minimum Gasteiger partial charge on any atom is -0.494 e. The molecule has 0 amide bonds. The van der Waals surface area contributed by atoms with E-state index >= 15 is 0 Å². The van der Waals surface area contributed by atoms with Crippen LogP contribution in [0.15, 0.2) is 29.4 Å². The first-order chi connectivity index (χ1) is 9.26. The number of benzene rings is 1. The molecule has 1 aliphatic heterocycles. The molecule has 0 fully saturated rings. The third-order valence-corrected chi connectivity index (χ3v) is 3.69. The zero-order chi connectivity index (χ0) is 13.2. The molecular weight excluding hydrogens is 262 g/mol. The molecule has 0 saturated carbocycles. The second kappa shape index (κ2) is 5.05. The topological polar surface area (TPSA) is 57.0 Å². The highest BCUT2D eigenvalue weighted by Gasteiger charge is 2.23. The number of ether oxygens (including phenoxy) is 1. The second-order valence-electron chi connectivity index (χ2n) is 4.16. The van der Waals surface area contributed by atoms with Crippen LogP contribution < -0.4 is 4.74 Å². The van der Waals surface area contributed by atoms with Crippen molar-refractivity contribution in [3.8, 4) is 5.75 Å². The van der Waals surface area contributed by atoms with Crippen LogP contribution in [0.5, 0.6) is 5.75 Å². The molecule has 0 N–H and O–H groups in total. The quantitative estimate of drug-likeness (QED) is 0.854. The van der Waals surface area contributed by atoms with Gasteiger partial charge in [0.2, 0.25) is 0 Å². The number of hydrogen-bond donors (Lipinski definition) is 0. The Morgan fingerprint density at radius 1 is 1.37 bits per heavy atom. The zero-order valence-corrected chi connectivity index (χ0v) is 11.3. The summed E-state index contributed by atoms with van der Waals surface area (Å²) >= 11 is 1.44. The first-order valence-electron chi connectivity index (χ1n) is 6.10. The first kappa shape index (κ1) is 12.2. The number of carbonyl (C=O) groups excluding carboxylic acids is 1. The summed E-state index contributed by atoms with van der Waals surface area (Å²) in [6.45, 7) is 2.62. The van der Waals surface area contributed by atoms with Gasteiger partial charge >= 0.3 is 0 Å². The van der Waals surface area contributed by atoms with E-state index in [1.807, 2.05) is 31.2 Å². The van der Waals surface area contributed by atoms with Crippen molar-refractivity contribution in [1.82, 2.24) is 14.8 Å². The summed E-state index contributed by atoms with van der Waals surface area (Å²) in [5, 5.41) is 4.93. The predicted octanol–water partition coefficient (Wildman–Crippen LogP) is 2.01. The summed E-state index contributed by atoms with van der Waals surface area (Å²) in [6, 6.07) is 7.85. The van der Waals surface area contributed by atoms with E-state index in [-0.39, 0.29) is 5.91 Å². The third kappa shape index (κ3) is 2.49. The normalized spacial score (nSPS) is 13.6. The van der Waals surface area contributed by atoms with Crippen LogP contribution in [0, 0.1) is 0 Å². The number of hydrogen-bond acceptors (Lipinski definition) is 5. The maximum Gasteiger partial charge on any atom is 0.259 e. The Kier molecular flexibility index (Phi) is 3.25. The van der Waals surface area contributed by atoms with Gasteiger partial charge in [0.15, 0.2) is 11.0 Å². The molecule has 0 spiro atoms. The fourth-order valence-corrected chi connectivity index (χ4v) is 2.72. The lowest BCUT2D eigenvalue weighted by molar-refractivity contribution is 0.0923. The summed E-state index contributed by atoms with van der Waals surface area (Å²) in [7, 11) is 0. The van der Waals surface area contributed by atoms with Gasteiger partial charge in [-0.1, -0.05) is 23.9 Å². The molecule has 2 aromatic rings. The van der Waals surface area contributed by atoms with Crippen molar-refractivity contribution >= 4 is 17.7 Å².